The van der Waals surface area contributed by atoms with E-state index in [-0.39, 0.29) is 11.9 Å². The first-order chi connectivity index (χ1) is 11.2. The third-order valence-corrected chi connectivity index (χ3v) is 3.91. The third-order valence-electron chi connectivity index (χ3n) is 3.91. The van der Waals surface area contributed by atoms with E-state index in [2.05, 4.69) is 25.3 Å². The van der Waals surface area contributed by atoms with E-state index in [0.717, 1.165) is 13.0 Å². The van der Waals surface area contributed by atoms with Crippen LogP contribution in [0.15, 0.2) is 24.7 Å². The quantitative estimate of drug-likeness (QED) is 0.874. The van der Waals surface area contributed by atoms with Crippen molar-refractivity contribution in [2.24, 2.45) is 0 Å². The van der Waals surface area contributed by atoms with Crippen LogP contribution in [0.25, 0.3) is 0 Å². The van der Waals surface area contributed by atoms with Gasteiger partial charge in [0.2, 0.25) is 0 Å². The van der Waals surface area contributed by atoms with Gasteiger partial charge in [-0.1, -0.05) is 0 Å². The normalized spacial score (nSPS) is 17.3. The lowest BCUT2D eigenvalue weighted by molar-refractivity contribution is 0.0929. The Bertz CT molecular complexity index is 686. The van der Waals surface area contributed by atoms with Gasteiger partial charge in [-0.15, -0.1) is 0 Å². The molecule has 1 fully saturated rings. The minimum Gasteiger partial charge on any atom is -0.478 e. The number of ether oxygens (including phenoxy) is 1. The number of methoxy groups -OCH3 is 1. The molecule has 122 valence electrons. The maximum Gasteiger partial charge on any atom is 0.269 e. The first-order valence-corrected chi connectivity index (χ1v) is 7.65. The molecule has 3 rings (SSSR count). The summed E-state index contributed by atoms with van der Waals surface area (Å²) in [4.78, 5) is 22.9. The summed E-state index contributed by atoms with van der Waals surface area (Å²) in [5, 5.41) is 7.19. The maximum absolute atomic E-state index is 12.4. The molecule has 0 bridgehead atoms. The molecular weight excluding hydrogens is 296 g/mol. The van der Waals surface area contributed by atoms with E-state index in [0.29, 0.717) is 30.5 Å². The molecule has 1 aliphatic heterocycles. The Morgan fingerprint density at radius 1 is 1.39 bits per heavy atom. The van der Waals surface area contributed by atoms with Gasteiger partial charge in [0.05, 0.1) is 7.11 Å². The molecule has 1 atom stereocenters. The second-order valence-corrected chi connectivity index (χ2v) is 5.33. The number of anilines is 1. The van der Waals surface area contributed by atoms with Gasteiger partial charge < -0.3 is 15.0 Å². The molecule has 0 radical (unpaired) electrons. The number of carbonyl (C=O) groups is 1. The van der Waals surface area contributed by atoms with Gasteiger partial charge >= 0.3 is 0 Å². The molecule has 0 aromatic carbocycles. The van der Waals surface area contributed by atoms with Crippen molar-refractivity contribution in [3.8, 4) is 5.88 Å². The molecule has 1 aliphatic rings. The summed E-state index contributed by atoms with van der Waals surface area (Å²) in [7, 11) is 1.58. The fourth-order valence-electron chi connectivity index (χ4n) is 2.79. The largest absolute Gasteiger partial charge is 0.478 e. The Balaban J connectivity index is 1.65. The van der Waals surface area contributed by atoms with Crippen LogP contribution in [-0.4, -0.2) is 51.9 Å². The minimum atomic E-state index is -0.0951. The fourth-order valence-corrected chi connectivity index (χ4v) is 2.79. The molecule has 1 saturated heterocycles. The zero-order chi connectivity index (χ0) is 16.2. The van der Waals surface area contributed by atoms with Gasteiger partial charge in [0.15, 0.2) is 5.82 Å². The summed E-state index contributed by atoms with van der Waals surface area (Å²) in [5.41, 5.74) is 0.586. The second-order valence-electron chi connectivity index (χ2n) is 5.33. The summed E-state index contributed by atoms with van der Waals surface area (Å²) >= 11 is 0. The number of hydrogen-bond donors (Lipinski definition) is 1. The number of nitrogens with zero attached hydrogens (tertiary/aromatic N) is 5. The molecule has 0 aliphatic carbocycles. The van der Waals surface area contributed by atoms with Gasteiger partial charge in [-0.2, -0.15) is 5.10 Å². The zero-order valence-electron chi connectivity index (χ0n) is 13.3. The molecule has 23 heavy (non-hydrogen) atoms. The summed E-state index contributed by atoms with van der Waals surface area (Å²) in [6.07, 6.45) is 5.74. The highest BCUT2D eigenvalue weighted by Gasteiger charge is 2.28. The number of hydrogen-bond acceptors (Lipinski definition) is 6. The van der Waals surface area contributed by atoms with Gasteiger partial charge in [0, 0.05) is 44.3 Å². The SMILES string of the molecule is CCn1nccc1C(=O)N[C@H]1CCN(c2nccnc2OC)C1. The monoisotopic (exact) mass is 316 g/mol. The highest BCUT2D eigenvalue weighted by Crippen LogP contribution is 2.25. The zero-order valence-corrected chi connectivity index (χ0v) is 13.3. The van der Waals surface area contributed by atoms with Crippen molar-refractivity contribution in [3.63, 3.8) is 0 Å². The first-order valence-electron chi connectivity index (χ1n) is 7.65. The Kier molecular flexibility index (Phi) is 4.40. The first kappa shape index (κ1) is 15.3. The molecule has 8 heteroatoms. The third kappa shape index (κ3) is 3.10. The number of nitrogens with one attached hydrogen (secondary N) is 1. The van der Waals surface area contributed by atoms with Crippen molar-refractivity contribution in [1.29, 1.82) is 0 Å². The standard InChI is InChI=1S/C15H20N6O2/c1-3-21-12(4-6-18-21)14(22)19-11-5-9-20(10-11)13-15(23-2)17-8-7-16-13/h4,6-8,11H,3,5,9-10H2,1-2H3,(H,19,22)/t11-/m0/s1. The number of carbonyl (C=O) groups excluding carboxylic acids is 1. The summed E-state index contributed by atoms with van der Waals surface area (Å²) < 4.78 is 6.94. The van der Waals surface area contributed by atoms with E-state index in [1.807, 2.05) is 6.92 Å². The average molecular weight is 316 g/mol. The molecule has 1 amide bonds. The Morgan fingerprint density at radius 3 is 3.00 bits per heavy atom. The molecule has 0 spiro atoms. The van der Waals surface area contributed by atoms with Crippen molar-refractivity contribution >= 4 is 11.7 Å². The molecular formula is C15H20N6O2. The van der Waals surface area contributed by atoms with Crippen LogP contribution in [0.1, 0.15) is 23.8 Å². The Labute approximate surface area is 134 Å². The van der Waals surface area contributed by atoms with E-state index in [1.54, 1.807) is 36.4 Å². The topological polar surface area (TPSA) is 85.2 Å². The van der Waals surface area contributed by atoms with Crippen molar-refractivity contribution < 1.29 is 9.53 Å². The Morgan fingerprint density at radius 2 is 2.22 bits per heavy atom. The lowest BCUT2D eigenvalue weighted by atomic mass is 10.2. The van der Waals surface area contributed by atoms with Crippen LogP contribution in [0.4, 0.5) is 5.82 Å². The molecule has 8 nitrogen and oxygen atoms in total. The smallest absolute Gasteiger partial charge is 0.269 e. The summed E-state index contributed by atoms with van der Waals surface area (Å²) in [6.45, 7) is 4.11. The van der Waals surface area contributed by atoms with Gasteiger partial charge in [-0.25, -0.2) is 9.97 Å². The van der Waals surface area contributed by atoms with Gasteiger partial charge in [0.25, 0.3) is 11.8 Å². The van der Waals surface area contributed by atoms with Crippen LogP contribution < -0.4 is 15.0 Å². The molecule has 1 N–H and O–H groups in total. The molecule has 2 aromatic heterocycles. The van der Waals surface area contributed by atoms with E-state index >= 15 is 0 Å². The molecule has 0 unspecified atom stereocenters. The molecule has 2 aromatic rings. The fraction of sp³-hybridized carbons (Fsp3) is 0.467. The predicted molar refractivity (Wildman–Crippen MR) is 84.6 cm³/mol. The number of amides is 1. The van der Waals surface area contributed by atoms with Crippen LogP contribution in [0.2, 0.25) is 0 Å². The number of aryl methyl sites for hydroxylation is 1. The lowest BCUT2D eigenvalue weighted by Crippen LogP contribution is -2.38. The lowest BCUT2D eigenvalue weighted by Gasteiger charge is -2.19. The van der Waals surface area contributed by atoms with Crippen molar-refractivity contribution in [2.45, 2.75) is 25.9 Å². The number of rotatable bonds is 5. The van der Waals surface area contributed by atoms with Crippen LogP contribution in [-0.2, 0) is 6.54 Å². The predicted octanol–water partition coefficient (Wildman–Crippen LogP) is 0.710. The second kappa shape index (κ2) is 6.64. The summed E-state index contributed by atoms with van der Waals surface area (Å²) in [6, 6.07) is 1.80. The van der Waals surface area contributed by atoms with E-state index in [4.69, 9.17) is 4.74 Å². The van der Waals surface area contributed by atoms with Gasteiger partial charge in [0.1, 0.15) is 5.69 Å². The summed E-state index contributed by atoms with van der Waals surface area (Å²) in [5.74, 6) is 1.12. The van der Waals surface area contributed by atoms with E-state index < -0.39 is 0 Å². The van der Waals surface area contributed by atoms with Crippen molar-refractivity contribution in [2.75, 3.05) is 25.1 Å². The maximum atomic E-state index is 12.4. The van der Waals surface area contributed by atoms with E-state index in [1.165, 1.54) is 0 Å². The van der Waals surface area contributed by atoms with Crippen molar-refractivity contribution in [1.82, 2.24) is 25.1 Å². The highest BCUT2D eigenvalue weighted by atomic mass is 16.5. The van der Waals surface area contributed by atoms with Gasteiger partial charge in [-0.3, -0.25) is 9.48 Å². The van der Waals surface area contributed by atoms with Crippen LogP contribution >= 0.6 is 0 Å². The van der Waals surface area contributed by atoms with E-state index in [9.17, 15) is 4.79 Å². The average Bonchev–Trinajstić information content (AvgIpc) is 3.23. The highest BCUT2D eigenvalue weighted by molar-refractivity contribution is 5.92. The van der Waals surface area contributed by atoms with Crippen LogP contribution in [0.5, 0.6) is 5.88 Å². The van der Waals surface area contributed by atoms with Crippen LogP contribution in [0, 0.1) is 0 Å². The Hall–Kier alpha value is -2.64. The van der Waals surface area contributed by atoms with Crippen LogP contribution in [0.3, 0.4) is 0 Å². The molecule has 3 heterocycles. The van der Waals surface area contributed by atoms with Gasteiger partial charge in [-0.05, 0) is 19.4 Å². The number of aromatic nitrogens is 4. The minimum absolute atomic E-state index is 0.0643. The molecule has 0 saturated carbocycles. The van der Waals surface area contributed by atoms with Crippen molar-refractivity contribution in [3.05, 3.63) is 30.4 Å².